The van der Waals surface area contributed by atoms with Gasteiger partial charge in [0.2, 0.25) is 0 Å². The number of nitrogens with zero attached hydrogens (tertiary/aromatic N) is 4. The Labute approximate surface area is 581 Å². The zero-order valence-corrected chi connectivity index (χ0v) is 63.4. The van der Waals surface area contributed by atoms with Crippen molar-refractivity contribution in [3.8, 4) is 0 Å². The highest BCUT2D eigenvalue weighted by molar-refractivity contribution is 6.00. The standard InChI is InChI=1S/C73H131N4O20/c1-20-22-32-72(60(80)94-42-26-38-88-54-46-64(3,4)74(84)65(5,6)47-54,61(81)95-43-27-39-89-55-48-66(7,8)75(85)67(9,10)49-55)34-24-36-92-58(78)30-31-59(79)93-37-25-35-73(33-23-21-2,62(82)96-44-28-40-90-56-50-68(11,12)76(86)69(13,14)51-56)63(83)97-45-29-41-91-57-52-70(15,16)77(87-19)71(17,18)53-57/h54-57,84,86H,20-53H2,1-19H3/q-1. The van der Waals surface area contributed by atoms with Crippen molar-refractivity contribution in [3.05, 3.63) is 5.21 Å². The molecule has 564 valence electrons. The summed E-state index contributed by atoms with van der Waals surface area (Å²) in [5.41, 5.74) is -7.22. The molecule has 2 unspecified atom stereocenters. The van der Waals surface area contributed by atoms with E-state index in [2.05, 4.69) is 27.7 Å². The maximum absolute atomic E-state index is 14.4. The third-order valence-corrected chi connectivity index (χ3v) is 20.0. The third kappa shape index (κ3) is 25.1. The number of ether oxygens (including phenoxy) is 10. The molecule has 2 atom stereocenters. The van der Waals surface area contributed by atoms with E-state index in [0.29, 0.717) is 103 Å². The van der Waals surface area contributed by atoms with Crippen LogP contribution in [0.4, 0.5) is 0 Å². The average molecular weight is 1380 g/mol. The van der Waals surface area contributed by atoms with Crippen molar-refractivity contribution in [3.63, 3.8) is 0 Å². The lowest BCUT2D eigenvalue weighted by Crippen LogP contribution is -2.61. The van der Waals surface area contributed by atoms with Gasteiger partial charge in [-0.05, 0) is 201 Å². The molecule has 4 rings (SSSR count). The molecular formula is C73H131N4O20-. The van der Waals surface area contributed by atoms with E-state index in [1.165, 1.54) is 10.1 Å². The number of hydrogen-bond donors (Lipinski definition) is 2. The van der Waals surface area contributed by atoms with E-state index in [1.807, 2.05) is 102 Å². The number of carbonyl (C=O) groups excluding carboxylic acids is 6. The summed E-state index contributed by atoms with van der Waals surface area (Å²) >= 11 is 0. The topological polar surface area (TPSA) is 280 Å². The van der Waals surface area contributed by atoms with E-state index in [4.69, 9.17) is 52.2 Å². The Hall–Kier alpha value is -3.66. The molecule has 4 fully saturated rings. The summed E-state index contributed by atoms with van der Waals surface area (Å²) in [4.78, 5) is 89.5. The summed E-state index contributed by atoms with van der Waals surface area (Å²) in [6, 6.07) is 0. The second-order valence-corrected chi connectivity index (χ2v) is 33.0. The first kappa shape index (κ1) is 85.8. The molecule has 4 heterocycles. The molecular weight excluding hydrogens is 1250 g/mol. The Bertz CT molecular complexity index is 2330. The number of piperidine rings is 4. The molecule has 4 saturated heterocycles. The van der Waals surface area contributed by atoms with Crippen LogP contribution in [0.2, 0.25) is 0 Å². The molecule has 2 N–H and O–H groups in total. The fourth-order valence-electron chi connectivity index (χ4n) is 15.8. The van der Waals surface area contributed by atoms with Crippen molar-refractivity contribution in [2.45, 2.75) is 347 Å². The van der Waals surface area contributed by atoms with Gasteiger partial charge in [0.05, 0.1) is 110 Å². The normalized spacial score (nSPS) is 22.6. The largest absolute Gasteiger partial charge is 0.784 e. The Morgan fingerprint density at radius 3 is 0.856 bits per heavy atom. The highest BCUT2D eigenvalue weighted by atomic mass is 16.7. The SMILES string of the molecule is CCCCC(CCCOC(=O)CCC(=O)OCCCC(CCCC)(C(=O)OCCCOC1CC(C)(C)N(O)C(C)(C)C1)C(=O)OCCCOC1CC(C)(C)N(OC)C(C)(C)C1)(C(=O)OCCCOC1CC(C)(C)N([O-])C(C)(C)C1)C(=O)OCCCOC1CC(C)(C)N(O)C(C)(C)C1. The van der Waals surface area contributed by atoms with Crippen LogP contribution in [0.3, 0.4) is 0 Å². The van der Waals surface area contributed by atoms with Crippen molar-refractivity contribution in [2.75, 3.05) is 73.2 Å². The predicted octanol–water partition coefficient (Wildman–Crippen LogP) is 12.5. The molecule has 4 aliphatic rings. The van der Waals surface area contributed by atoms with Crippen LogP contribution < -0.4 is 0 Å². The van der Waals surface area contributed by atoms with Crippen LogP contribution in [-0.2, 0) is 81.0 Å². The predicted molar refractivity (Wildman–Crippen MR) is 366 cm³/mol. The average Bonchev–Trinajstić information content (AvgIpc) is 0.814. The van der Waals surface area contributed by atoms with Gasteiger partial charge in [-0.3, -0.25) is 28.8 Å². The highest BCUT2D eigenvalue weighted by Gasteiger charge is 2.52. The second kappa shape index (κ2) is 37.5. The lowest BCUT2D eigenvalue weighted by molar-refractivity contribution is -0.280. The van der Waals surface area contributed by atoms with Crippen LogP contribution in [0.5, 0.6) is 0 Å². The van der Waals surface area contributed by atoms with Crippen LogP contribution in [0.15, 0.2) is 0 Å². The first-order valence-corrected chi connectivity index (χ1v) is 36.4. The minimum absolute atomic E-state index is 0.00343. The lowest BCUT2D eigenvalue weighted by Gasteiger charge is -2.59. The van der Waals surface area contributed by atoms with Crippen molar-refractivity contribution in [1.29, 1.82) is 0 Å². The molecule has 0 aliphatic carbocycles. The van der Waals surface area contributed by atoms with E-state index in [0.717, 1.165) is 17.9 Å². The smallest absolute Gasteiger partial charge is 0.323 e. The maximum atomic E-state index is 14.4. The molecule has 4 aliphatic heterocycles. The first-order chi connectivity index (χ1) is 45.1. The quantitative estimate of drug-likeness (QED) is 0.0249. The molecule has 0 aromatic heterocycles. The van der Waals surface area contributed by atoms with Gasteiger partial charge in [-0.1, -0.05) is 39.5 Å². The van der Waals surface area contributed by atoms with Gasteiger partial charge >= 0.3 is 35.8 Å². The van der Waals surface area contributed by atoms with E-state index in [1.54, 1.807) is 7.11 Å². The second-order valence-electron chi connectivity index (χ2n) is 33.0. The molecule has 0 amide bonds. The Balaban J connectivity index is 1.35. The van der Waals surface area contributed by atoms with Gasteiger partial charge in [0, 0.05) is 70.0 Å². The van der Waals surface area contributed by atoms with Crippen molar-refractivity contribution in [2.24, 2.45) is 10.8 Å². The highest BCUT2D eigenvalue weighted by Crippen LogP contribution is 2.43. The molecule has 97 heavy (non-hydrogen) atoms. The zero-order valence-electron chi connectivity index (χ0n) is 63.4. The molecule has 0 bridgehead atoms. The number of hydrogen-bond acceptors (Lipinski definition) is 24. The van der Waals surface area contributed by atoms with Crippen molar-refractivity contribution < 1.29 is 91.4 Å². The molecule has 24 heteroatoms. The summed E-state index contributed by atoms with van der Waals surface area (Å²) in [7, 11) is 1.68. The minimum atomic E-state index is -1.72. The molecule has 0 aromatic carbocycles. The number of unbranched alkanes of at least 4 members (excludes halogenated alkanes) is 2. The van der Waals surface area contributed by atoms with Gasteiger partial charge in [-0.2, -0.15) is 15.2 Å². The lowest BCUT2D eigenvalue weighted by atomic mass is 9.78. The van der Waals surface area contributed by atoms with E-state index in [-0.39, 0.29) is 140 Å². The monoisotopic (exact) mass is 1380 g/mol. The summed E-state index contributed by atoms with van der Waals surface area (Å²) in [6.07, 6.45) is 8.07. The summed E-state index contributed by atoms with van der Waals surface area (Å²) < 4.78 is 59.7. The van der Waals surface area contributed by atoms with Crippen molar-refractivity contribution in [1.82, 2.24) is 20.3 Å². The fraction of sp³-hybridized carbons (Fsp3) is 0.918. The molecule has 0 spiro atoms. The van der Waals surface area contributed by atoms with E-state index in [9.17, 15) is 44.4 Å². The van der Waals surface area contributed by atoms with Gasteiger partial charge in [-0.15, -0.1) is 0 Å². The van der Waals surface area contributed by atoms with Crippen LogP contribution in [-0.4, -0.2) is 208 Å². The van der Waals surface area contributed by atoms with Gasteiger partial charge in [0.1, 0.15) is 0 Å². The van der Waals surface area contributed by atoms with Gasteiger partial charge < -0.3 is 72.9 Å². The van der Waals surface area contributed by atoms with Crippen molar-refractivity contribution >= 4 is 35.8 Å². The Kier molecular flexibility index (Phi) is 33.1. The van der Waals surface area contributed by atoms with Crippen LogP contribution >= 0.6 is 0 Å². The molecule has 0 aromatic rings. The summed E-state index contributed by atoms with van der Waals surface area (Å²) in [6.45, 7) is 36.5. The number of carbonyl (C=O) groups is 6. The molecule has 0 radical (unpaired) electrons. The summed E-state index contributed by atoms with van der Waals surface area (Å²) in [5.74, 6) is -4.33. The number of esters is 6. The fourth-order valence-corrected chi connectivity index (χ4v) is 15.8. The first-order valence-electron chi connectivity index (χ1n) is 36.4. The maximum Gasteiger partial charge on any atom is 0.323 e. The Morgan fingerprint density at radius 2 is 0.598 bits per heavy atom. The molecule has 0 saturated carbocycles. The van der Waals surface area contributed by atoms with Crippen LogP contribution in [0, 0.1) is 16.0 Å². The Morgan fingerprint density at radius 1 is 0.361 bits per heavy atom. The van der Waals surface area contributed by atoms with E-state index < -0.39 is 79.9 Å². The van der Waals surface area contributed by atoms with Crippen LogP contribution in [0.1, 0.15) is 279 Å². The molecule has 24 nitrogen and oxygen atoms in total. The van der Waals surface area contributed by atoms with Gasteiger partial charge in [-0.25, -0.2) is 0 Å². The summed E-state index contributed by atoms with van der Waals surface area (Å²) in [5, 5.41) is 40.4. The van der Waals surface area contributed by atoms with E-state index >= 15 is 0 Å². The number of hydroxylamine groups is 8. The van der Waals surface area contributed by atoms with Crippen LogP contribution in [0.25, 0.3) is 0 Å². The van der Waals surface area contributed by atoms with Gasteiger partial charge in [0.15, 0.2) is 10.8 Å². The third-order valence-electron chi connectivity index (χ3n) is 20.0. The zero-order chi connectivity index (χ0) is 72.9. The number of rotatable bonds is 42. The van der Waals surface area contributed by atoms with Gasteiger partial charge in [0.25, 0.3) is 0 Å². The minimum Gasteiger partial charge on any atom is -0.784 e.